The predicted octanol–water partition coefficient (Wildman–Crippen LogP) is 5.24. The minimum atomic E-state index is -0.569. The number of benzene rings is 3. The summed E-state index contributed by atoms with van der Waals surface area (Å²) in [4.78, 5) is 25.1. The van der Waals surface area contributed by atoms with Crippen LogP contribution in [0.4, 0.5) is 0 Å². The number of nitrogens with two attached hydrogens (primary N) is 1. The monoisotopic (exact) mass is 531 g/mol. The minimum Gasteiger partial charge on any atom is -0.457 e. The van der Waals surface area contributed by atoms with Crippen molar-refractivity contribution < 1.29 is 9.53 Å². The van der Waals surface area contributed by atoms with Crippen LogP contribution in [0.15, 0.2) is 103 Å². The van der Waals surface area contributed by atoms with Gasteiger partial charge in [0.1, 0.15) is 17.1 Å². The van der Waals surface area contributed by atoms with Gasteiger partial charge in [0.2, 0.25) is 5.91 Å². The van der Waals surface area contributed by atoms with E-state index in [-0.39, 0.29) is 5.91 Å². The van der Waals surface area contributed by atoms with Crippen molar-refractivity contribution in [1.82, 2.24) is 19.8 Å². The van der Waals surface area contributed by atoms with Crippen LogP contribution < -0.4 is 10.5 Å². The number of H-pyrrole nitrogens is 1. The number of amides is 1. The molecule has 7 nitrogen and oxygen atoms in total. The summed E-state index contributed by atoms with van der Waals surface area (Å²) in [5, 5.41) is 0.939. The van der Waals surface area contributed by atoms with Crippen molar-refractivity contribution >= 4 is 16.9 Å². The fourth-order valence-corrected chi connectivity index (χ4v) is 5.32. The maximum atomic E-state index is 13.1. The number of hydrogen-bond donors (Lipinski definition) is 2. The summed E-state index contributed by atoms with van der Waals surface area (Å²) in [7, 11) is 0. The maximum absolute atomic E-state index is 13.1. The summed E-state index contributed by atoms with van der Waals surface area (Å²) in [5.41, 5.74) is 11.6. The van der Waals surface area contributed by atoms with Crippen molar-refractivity contribution in [3.05, 3.63) is 115 Å². The molecule has 0 unspecified atom stereocenters. The number of carbonyl (C=O) groups is 1. The number of hydrogen-bond acceptors (Lipinski definition) is 5. The summed E-state index contributed by atoms with van der Waals surface area (Å²) >= 11 is 0. The van der Waals surface area contributed by atoms with Crippen LogP contribution in [0.1, 0.15) is 11.1 Å². The number of fused-ring (bicyclic) bond motifs is 1. The first-order valence-electron chi connectivity index (χ1n) is 13.7. The second kappa shape index (κ2) is 11.7. The van der Waals surface area contributed by atoms with E-state index in [4.69, 9.17) is 10.5 Å². The van der Waals surface area contributed by atoms with Crippen LogP contribution in [0.25, 0.3) is 22.2 Å². The van der Waals surface area contributed by atoms with E-state index in [9.17, 15) is 4.79 Å². The highest BCUT2D eigenvalue weighted by molar-refractivity contribution is 5.98. The highest BCUT2D eigenvalue weighted by atomic mass is 16.5. The van der Waals surface area contributed by atoms with E-state index in [1.807, 2.05) is 65.7 Å². The molecule has 5 aromatic rings. The van der Waals surface area contributed by atoms with Gasteiger partial charge in [0.15, 0.2) is 0 Å². The molecule has 0 saturated carbocycles. The smallest absolute Gasteiger partial charge is 0.239 e. The lowest BCUT2D eigenvalue weighted by atomic mass is 10.0. The number of carbonyl (C=O) groups excluding carboxylic acids is 1. The Balaban J connectivity index is 1.06. The lowest BCUT2D eigenvalue weighted by Gasteiger charge is -2.36. The zero-order valence-corrected chi connectivity index (χ0v) is 22.4. The number of nitrogens with one attached hydrogen (secondary N) is 1. The number of piperazine rings is 1. The van der Waals surface area contributed by atoms with Gasteiger partial charge in [-0.1, -0.05) is 72.8 Å². The van der Waals surface area contributed by atoms with Crippen LogP contribution in [0.3, 0.4) is 0 Å². The van der Waals surface area contributed by atoms with Crippen LogP contribution >= 0.6 is 0 Å². The van der Waals surface area contributed by atoms with E-state index in [2.05, 4.69) is 51.3 Å². The fraction of sp³-hybridized carbons (Fsp3) is 0.212. The molecule has 6 rings (SSSR count). The lowest BCUT2D eigenvalue weighted by molar-refractivity contribution is -0.134. The van der Waals surface area contributed by atoms with E-state index in [0.29, 0.717) is 25.3 Å². The number of nitrogens with zero attached hydrogens (tertiary/aromatic N) is 3. The Morgan fingerprint density at radius 3 is 2.30 bits per heavy atom. The predicted molar refractivity (Wildman–Crippen MR) is 158 cm³/mol. The fourth-order valence-electron chi connectivity index (χ4n) is 5.32. The molecule has 1 saturated heterocycles. The summed E-state index contributed by atoms with van der Waals surface area (Å²) < 4.78 is 6.30. The Hall–Kier alpha value is -4.46. The third-order valence-corrected chi connectivity index (χ3v) is 7.48. The number of aromatic nitrogens is 2. The van der Waals surface area contributed by atoms with Gasteiger partial charge in [-0.3, -0.25) is 9.69 Å². The molecule has 1 amide bonds. The SMILES string of the molecule is N[C@@H](Cc1ccc(Oc2ccnc3[nH]cc(-c4ccccc4)c23)cc1)C(=O)N1CCN(Cc2ccccc2)CC1. The minimum absolute atomic E-state index is 0.0137. The normalized spacial score (nSPS) is 14.8. The van der Waals surface area contributed by atoms with Gasteiger partial charge in [-0.05, 0) is 41.3 Å². The molecule has 1 atom stereocenters. The third-order valence-electron chi connectivity index (χ3n) is 7.48. The van der Waals surface area contributed by atoms with Crippen LogP contribution in [-0.4, -0.2) is 57.9 Å². The summed E-state index contributed by atoms with van der Waals surface area (Å²) in [6.07, 6.45) is 4.19. The first-order valence-corrected chi connectivity index (χ1v) is 13.7. The third kappa shape index (κ3) is 5.76. The lowest BCUT2D eigenvalue weighted by Crippen LogP contribution is -2.53. The molecule has 1 aliphatic rings. The zero-order chi connectivity index (χ0) is 27.3. The molecule has 0 radical (unpaired) electrons. The zero-order valence-electron chi connectivity index (χ0n) is 22.4. The quantitative estimate of drug-likeness (QED) is 0.286. The Morgan fingerprint density at radius 2 is 1.57 bits per heavy atom. The van der Waals surface area contributed by atoms with Crippen LogP contribution in [0.2, 0.25) is 0 Å². The van der Waals surface area contributed by atoms with Gasteiger partial charge in [0, 0.05) is 50.7 Å². The van der Waals surface area contributed by atoms with Crippen molar-refractivity contribution in [3.63, 3.8) is 0 Å². The molecule has 3 aromatic carbocycles. The molecular formula is C33H33N5O2. The van der Waals surface area contributed by atoms with E-state index in [1.54, 1.807) is 6.20 Å². The van der Waals surface area contributed by atoms with Gasteiger partial charge in [-0.25, -0.2) is 4.98 Å². The second-order valence-corrected chi connectivity index (χ2v) is 10.2. The summed E-state index contributed by atoms with van der Waals surface area (Å²) in [6.45, 7) is 4.03. The van der Waals surface area contributed by atoms with Gasteiger partial charge >= 0.3 is 0 Å². The molecule has 7 heteroatoms. The standard InChI is InChI=1S/C33H33N5O2/c34-29(33(39)38-19-17-37(18-20-38)23-25-7-3-1-4-8-25)21-24-11-13-27(14-12-24)40-30-15-16-35-32-31(30)28(22-36-32)26-9-5-2-6-10-26/h1-16,22,29H,17-21,23,34H2,(H,35,36)/t29-/m0/s1. The van der Waals surface area contributed by atoms with Crippen LogP contribution in [0, 0.1) is 0 Å². The van der Waals surface area contributed by atoms with Gasteiger partial charge in [0.25, 0.3) is 0 Å². The molecule has 0 spiro atoms. The molecule has 202 valence electrons. The average Bonchev–Trinajstić information content (AvgIpc) is 3.44. The number of rotatable bonds is 8. The molecular weight excluding hydrogens is 498 g/mol. The van der Waals surface area contributed by atoms with Gasteiger partial charge in [0.05, 0.1) is 11.4 Å². The van der Waals surface area contributed by atoms with E-state index < -0.39 is 6.04 Å². The Labute approximate surface area is 234 Å². The van der Waals surface area contributed by atoms with Crippen LogP contribution in [-0.2, 0) is 17.8 Å². The van der Waals surface area contributed by atoms with Crippen molar-refractivity contribution in [2.45, 2.75) is 19.0 Å². The van der Waals surface area contributed by atoms with Crippen molar-refractivity contribution in [1.29, 1.82) is 0 Å². The van der Waals surface area contributed by atoms with E-state index in [0.717, 1.165) is 53.1 Å². The summed E-state index contributed by atoms with van der Waals surface area (Å²) in [5.74, 6) is 1.46. The first kappa shape index (κ1) is 25.8. The molecule has 40 heavy (non-hydrogen) atoms. The first-order chi connectivity index (χ1) is 19.6. The maximum Gasteiger partial charge on any atom is 0.239 e. The van der Waals surface area contributed by atoms with Gasteiger partial charge in [-0.2, -0.15) is 0 Å². The van der Waals surface area contributed by atoms with Gasteiger partial charge in [-0.15, -0.1) is 0 Å². The number of aromatic amines is 1. The largest absolute Gasteiger partial charge is 0.457 e. The summed E-state index contributed by atoms with van der Waals surface area (Å²) in [6, 6.07) is 29.8. The van der Waals surface area contributed by atoms with Crippen LogP contribution in [0.5, 0.6) is 11.5 Å². The molecule has 0 aliphatic carbocycles. The van der Waals surface area contributed by atoms with Gasteiger partial charge < -0.3 is 20.4 Å². The number of ether oxygens (including phenoxy) is 1. The van der Waals surface area contributed by atoms with Crippen molar-refractivity contribution in [2.24, 2.45) is 5.73 Å². The topological polar surface area (TPSA) is 87.5 Å². The highest BCUT2D eigenvalue weighted by Crippen LogP contribution is 2.36. The molecule has 2 aromatic heterocycles. The van der Waals surface area contributed by atoms with E-state index in [1.165, 1.54) is 5.56 Å². The molecule has 1 aliphatic heterocycles. The Bertz CT molecular complexity index is 1560. The second-order valence-electron chi connectivity index (χ2n) is 10.2. The molecule has 3 N–H and O–H groups in total. The molecule has 1 fully saturated rings. The van der Waals surface area contributed by atoms with E-state index >= 15 is 0 Å². The number of pyridine rings is 1. The Morgan fingerprint density at radius 1 is 0.875 bits per heavy atom. The highest BCUT2D eigenvalue weighted by Gasteiger charge is 2.25. The van der Waals surface area contributed by atoms with Crippen molar-refractivity contribution in [2.75, 3.05) is 26.2 Å². The van der Waals surface area contributed by atoms with Crippen molar-refractivity contribution in [3.8, 4) is 22.6 Å². The Kier molecular flexibility index (Phi) is 7.57. The average molecular weight is 532 g/mol. The molecule has 0 bridgehead atoms. The molecule has 3 heterocycles.